The quantitative estimate of drug-likeness (QED) is 0.367. The predicted octanol–water partition coefficient (Wildman–Crippen LogP) is 4.41. The number of hydrogen-bond donors (Lipinski definition) is 3. The Labute approximate surface area is 202 Å². The second kappa shape index (κ2) is 9.26. The molecule has 1 unspecified atom stereocenters. The van der Waals surface area contributed by atoms with Crippen LogP contribution in [-0.4, -0.2) is 32.9 Å². The minimum Gasteiger partial charge on any atom is -0.508 e. The molecular formula is C27H23N5O3. The number of aromatic nitrogens is 2. The number of phenols is 1. The second-order valence-corrected chi connectivity index (χ2v) is 8.42. The van der Waals surface area contributed by atoms with Gasteiger partial charge in [0.25, 0.3) is 5.91 Å². The van der Waals surface area contributed by atoms with Crippen molar-refractivity contribution in [1.82, 2.24) is 9.78 Å². The van der Waals surface area contributed by atoms with E-state index in [2.05, 4.69) is 20.7 Å². The van der Waals surface area contributed by atoms with Crippen molar-refractivity contribution in [3.8, 4) is 5.75 Å². The first-order valence-corrected chi connectivity index (χ1v) is 11.1. The maximum absolute atomic E-state index is 12.6. The molecule has 1 aliphatic heterocycles. The molecule has 35 heavy (non-hydrogen) atoms. The number of amides is 2. The zero-order valence-corrected chi connectivity index (χ0v) is 19.0. The summed E-state index contributed by atoms with van der Waals surface area (Å²) in [5.74, 6) is -0.748. The highest BCUT2D eigenvalue weighted by molar-refractivity contribution is 6.12. The van der Waals surface area contributed by atoms with E-state index in [1.54, 1.807) is 48.4 Å². The van der Waals surface area contributed by atoms with Gasteiger partial charge in [0.2, 0.25) is 5.91 Å². The van der Waals surface area contributed by atoms with E-state index in [9.17, 15) is 14.7 Å². The van der Waals surface area contributed by atoms with Crippen LogP contribution in [0.2, 0.25) is 0 Å². The normalized spacial score (nSPS) is 14.7. The molecule has 8 heteroatoms. The van der Waals surface area contributed by atoms with Crippen LogP contribution in [-0.2, 0) is 18.3 Å². The third kappa shape index (κ3) is 4.96. The molecule has 0 saturated heterocycles. The average Bonchev–Trinajstić information content (AvgIpc) is 3.40. The molecule has 0 bridgehead atoms. The zero-order valence-electron chi connectivity index (χ0n) is 19.0. The molecule has 1 aliphatic rings. The van der Waals surface area contributed by atoms with E-state index in [0.717, 1.165) is 22.4 Å². The molecule has 1 atom stereocenters. The van der Waals surface area contributed by atoms with Gasteiger partial charge in [-0.3, -0.25) is 19.3 Å². The van der Waals surface area contributed by atoms with Crippen LogP contribution >= 0.6 is 0 Å². The van der Waals surface area contributed by atoms with Crippen molar-refractivity contribution in [3.05, 3.63) is 101 Å². The molecule has 2 amide bonds. The van der Waals surface area contributed by atoms with E-state index < -0.39 is 5.92 Å². The zero-order chi connectivity index (χ0) is 24.4. The number of nitrogens with one attached hydrogen (secondary N) is 2. The second-order valence-electron chi connectivity index (χ2n) is 8.42. The van der Waals surface area contributed by atoms with Crippen LogP contribution in [0.25, 0.3) is 0 Å². The lowest BCUT2D eigenvalue weighted by Crippen LogP contribution is -2.12. The Hall–Kier alpha value is -4.72. The van der Waals surface area contributed by atoms with Gasteiger partial charge in [-0.25, -0.2) is 0 Å². The fourth-order valence-corrected chi connectivity index (χ4v) is 4.06. The highest BCUT2D eigenvalue weighted by Crippen LogP contribution is 2.33. The van der Waals surface area contributed by atoms with Gasteiger partial charge in [0, 0.05) is 36.9 Å². The Balaban J connectivity index is 1.33. The fraction of sp³-hybridized carbons (Fsp3) is 0.111. The summed E-state index contributed by atoms with van der Waals surface area (Å²) in [7, 11) is 1.76. The molecule has 8 nitrogen and oxygen atoms in total. The lowest BCUT2D eigenvalue weighted by molar-refractivity contribution is -0.115. The lowest BCUT2D eigenvalue weighted by Gasteiger charge is -2.09. The molecule has 0 radical (unpaired) electrons. The minimum absolute atomic E-state index is 0.122. The number of hydrogen-bond acceptors (Lipinski definition) is 5. The number of fused-ring (bicyclic) bond motifs is 1. The monoisotopic (exact) mass is 465 g/mol. The number of anilines is 2. The first kappa shape index (κ1) is 22.1. The maximum atomic E-state index is 12.6. The molecule has 3 aromatic carbocycles. The summed E-state index contributed by atoms with van der Waals surface area (Å²) < 4.78 is 1.58. The number of aryl methyl sites for hydroxylation is 1. The van der Waals surface area contributed by atoms with E-state index in [1.807, 2.05) is 42.5 Å². The summed E-state index contributed by atoms with van der Waals surface area (Å²) in [5, 5.41) is 19.5. The minimum atomic E-state index is -0.516. The van der Waals surface area contributed by atoms with E-state index in [1.165, 1.54) is 6.20 Å². The maximum Gasteiger partial charge on any atom is 0.258 e. The third-order valence-corrected chi connectivity index (χ3v) is 5.75. The molecule has 0 saturated carbocycles. The van der Waals surface area contributed by atoms with Crippen LogP contribution in [0, 0.1) is 0 Å². The summed E-state index contributed by atoms with van der Waals surface area (Å²) in [6.45, 7) is 0. The first-order valence-electron chi connectivity index (χ1n) is 11.1. The van der Waals surface area contributed by atoms with Crippen LogP contribution in [0.4, 0.5) is 17.1 Å². The lowest BCUT2D eigenvalue weighted by atomic mass is 9.96. The number of carbonyl (C=O) groups excluding carboxylic acids is 2. The number of phenolic OH excluding ortho intramolecular Hbond substituents is 1. The van der Waals surface area contributed by atoms with Gasteiger partial charge in [0.05, 0.1) is 17.4 Å². The van der Waals surface area contributed by atoms with Crippen molar-refractivity contribution in [2.75, 3.05) is 10.6 Å². The van der Waals surface area contributed by atoms with Gasteiger partial charge in [-0.15, -0.1) is 0 Å². The van der Waals surface area contributed by atoms with Gasteiger partial charge < -0.3 is 15.7 Å². The third-order valence-electron chi connectivity index (χ3n) is 5.75. The number of rotatable bonds is 6. The molecule has 174 valence electrons. The Kier molecular flexibility index (Phi) is 5.85. The van der Waals surface area contributed by atoms with Crippen molar-refractivity contribution in [1.29, 1.82) is 0 Å². The topological polar surface area (TPSA) is 109 Å². The number of nitrogens with zero attached hydrogens (tertiary/aromatic N) is 3. The summed E-state index contributed by atoms with van der Waals surface area (Å²) >= 11 is 0. The highest BCUT2D eigenvalue weighted by atomic mass is 16.3. The van der Waals surface area contributed by atoms with Gasteiger partial charge in [0.1, 0.15) is 11.7 Å². The Morgan fingerprint density at radius 1 is 1.14 bits per heavy atom. The number of carbonyl (C=O) groups is 2. The Bertz CT molecular complexity index is 1460. The van der Waals surface area contributed by atoms with Crippen molar-refractivity contribution < 1.29 is 14.7 Å². The Morgan fingerprint density at radius 2 is 1.97 bits per heavy atom. The molecule has 0 spiro atoms. The average molecular weight is 466 g/mol. The molecule has 2 heterocycles. The molecule has 4 aromatic rings. The van der Waals surface area contributed by atoms with Gasteiger partial charge >= 0.3 is 0 Å². The highest BCUT2D eigenvalue weighted by Gasteiger charge is 2.29. The smallest absolute Gasteiger partial charge is 0.258 e. The molecule has 3 N–H and O–H groups in total. The molecular weight excluding hydrogens is 442 g/mol. The van der Waals surface area contributed by atoms with Crippen LogP contribution in [0.15, 0.2) is 84.1 Å². The van der Waals surface area contributed by atoms with Crippen LogP contribution in [0.1, 0.15) is 33.0 Å². The fourth-order valence-electron chi connectivity index (χ4n) is 4.06. The van der Waals surface area contributed by atoms with Crippen LogP contribution in [0.5, 0.6) is 5.75 Å². The van der Waals surface area contributed by atoms with Gasteiger partial charge in [-0.1, -0.05) is 30.3 Å². The summed E-state index contributed by atoms with van der Waals surface area (Å²) in [6, 6.07) is 20.2. The summed E-state index contributed by atoms with van der Waals surface area (Å²) in [5.41, 5.74) is 5.45. The van der Waals surface area contributed by atoms with E-state index in [0.29, 0.717) is 23.4 Å². The van der Waals surface area contributed by atoms with E-state index >= 15 is 0 Å². The number of aliphatic imine (C=N–C) groups is 1. The molecule has 1 aromatic heterocycles. The van der Waals surface area contributed by atoms with E-state index in [-0.39, 0.29) is 17.6 Å². The Morgan fingerprint density at radius 3 is 2.77 bits per heavy atom. The van der Waals surface area contributed by atoms with Crippen molar-refractivity contribution in [2.45, 2.75) is 12.3 Å². The summed E-state index contributed by atoms with van der Waals surface area (Å²) in [6.07, 6.45) is 5.43. The molecule has 0 aliphatic carbocycles. The number of benzene rings is 3. The van der Waals surface area contributed by atoms with Crippen molar-refractivity contribution in [3.63, 3.8) is 0 Å². The van der Waals surface area contributed by atoms with Crippen molar-refractivity contribution >= 4 is 35.1 Å². The van der Waals surface area contributed by atoms with E-state index in [4.69, 9.17) is 0 Å². The first-order chi connectivity index (χ1) is 16.9. The van der Waals surface area contributed by atoms with Crippen LogP contribution < -0.4 is 10.6 Å². The van der Waals surface area contributed by atoms with Gasteiger partial charge in [0.15, 0.2) is 0 Å². The van der Waals surface area contributed by atoms with Crippen molar-refractivity contribution in [2.24, 2.45) is 12.0 Å². The standard InChI is InChI=1S/C27H23N5O3/c1-32-16-19(14-29-32)26(34)30-21-6-2-4-17(11-21)10-18-8-9-25-23(12-18)24(27(35)31-25)15-28-20-5-3-7-22(33)13-20/h2-9,11-16,24,33H,10H2,1H3,(H,30,34)(H,31,35). The SMILES string of the molecule is Cn1cc(C(=O)Nc2cccc(Cc3ccc4c(c3)C(C=Nc3cccc(O)c3)C(=O)N4)c2)cn1. The molecule has 0 fully saturated rings. The summed E-state index contributed by atoms with van der Waals surface area (Å²) in [4.78, 5) is 29.4. The van der Waals surface area contributed by atoms with Gasteiger partial charge in [-0.2, -0.15) is 5.10 Å². The largest absolute Gasteiger partial charge is 0.508 e. The predicted molar refractivity (Wildman–Crippen MR) is 134 cm³/mol. The number of aromatic hydroxyl groups is 1. The van der Waals surface area contributed by atoms with Gasteiger partial charge in [-0.05, 0) is 53.4 Å². The molecule has 5 rings (SSSR count). The van der Waals surface area contributed by atoms with Crippen LogP contribution in [0.3, 0.4) is 0 Å².